The van der Waals surface area contributed by atoms with E-state index in [0.29, 0.717) is 21.7 Å². The lowest BCUT2D eigenvalue weighted by atomic mass is 10.4. The molecule has 4 aromatic heterocycles. The van der Waals surface area contributed by atoms with Crippen LogP contribution in [0.15, 0.2) is 34.0 Å². The van der Waals surface area contributed by atoms with Crippen molar-refractivity contribution in [2.45, 2.75) is 6.54 Å². The molecule has 1 amide bonds. The fraction of sp³-hybridized carbons (Fsp3) is 0.143. The van der Waals surface area contributed by atoms with Crippen LogP contribution in [0, 0.1) is 0 Å². The van der Waals surface area contributed by atoms with Crippen molar-refractivity contribution >= 4 is 43.8 Å². The Hall–Kier alpha value is -2.52. The Morgan fingerprint density at radius 2 is 2.22 bits per heavy atom. The first-order valence-electron chi connectivity index (χ1n) is 6.76. The van der Waals surface area contributed by atoms with Crippen LogP contribution >= 0.6 is 22.7 Å². The van der Waals surface area contributed by atoms with Gasteiger partial charge < -0.3 is 9.88 Å². The summed E-state index contributed by atoms with van der Waals surface area (Å²) in [6.07, 6.45) is 3.55. The van der Waals surface area contributed by atoms with Crippen molar-refractivity contribution in [2.75, 3.05) is 7.05 Å². The van der Waals surface area contributed by atoms with Crippen molar-refractivity contribution in [1.82, 2.24) is 24.3 Å². The normalized spacial score (nSPS) is 11.3. The minimum atomic E-state index is -0.214. The van der Waals surface area contributed by atoms with E-state index in [1.165, 1.54) is 27.6 Å². The van der Waals surface area contributed by atoms with E-state index in [1.54, 1.807) is 19.3 Å². The summed E-state index contributed by atoms with van der Waals surface area (Å²) < 4.78 is 2.40. The van der Waals surface area contributed by atoms with Gasteiger partial charge in [-0.1, -0.05) is 0 Å². The number of carbonyl (C=O) groups excluding carboxylic acids is 1. The summed E-state index contributed by atoms with van der Waals surface area (Å²) in [5, 5.41) is 3.73. The van der Waals surface area contributed by atoms with Crippen LogP contribution in [0.4, 0.5) is 0 Å². The number of amides is 1. The molecular formula is C14H11N5O2S2. The molecule has 4 rings (SSSR count). The SMILES string of the molecule is CN(Cc1nc2ccsc2c(=O)[nH]1)C(=O)c1cn2ccsc2n1. The predicted molar refractivity (Wildman–Crippen MR) is 89.1 cm³/mol. The van der Waals surface area contributed by atoms with Gasteiger partial charge in [0.2, 0.25) is 0 Å². The molecule has 0 bridgehead atoms. The number of thiazole rings is 1. The molecule has 0 fully saturated rings. The molecular weight excluding hydrogens is 334 g/mol. The Kier molecular flexibility index (Phi) is 3.24. The van der Waals surface area contributed by atoms with Crippen LogP contribution in [-0.2, 0) is 6.54 Å². The Morgan fingerprint density at radius 1 is 1.35 bits per heavy atom. The van der Waals surface area contributed by atoms with E-state index in [2.05, 4.69) is 15.0 Å². The Bertz CT molecular complexity index is 1050. The largest absolute Gasteiger partial charge is 0.333 e. The van der Waals surface area contributed by atoms with Gasteiger partial charge in [0.15, 0.2) is 4.96 Å². The van der Waals surface area contributed by atoms with E-state index in [4.69, 9.17) is 0 Å². The van der Waals surface area contributed by atoms with Gasteiger partial charge in [-0.05, 0) is 11.4 Å². The maximum atomic E-state index is 12.5. The first kappa shape index (κ1) is 14.1. The van der Waals surface area contributed by atoms with Crippen molar-refractivity contribution in [2.24, 2.45) is 0 Å². The summed E-state index contributed by atoms with van der Waals surface area (Å²) in [6, 6.07) is 1.80. The van der Waals surface area contributed by atoms with Crippen molar-refractivity contribution in [1.29, 1.82) is 0 Å². The first-order chi connectivity index (χ1) is 11.1. The zero-order valence-electron chi connectivity index (χ0n) is 12.0. The van der Waals surface area contributed by atoms with Crippen LogP contribution in [0.2, 0.25) is 0 Å². The molecule has 0 saturated carbocycles. The van der Waals surface area contributed by atoms with E-state index in [0.717, 1.165) is 4.96 Å². The predicted octanol–water partition coefficient (Wildman–Crippen LogP) is 1.97. The monoisotopic (exact) mass is 345 g/mol. The number of aromatic amines is 1. The third-order valence-electron chi connectivity index (χ3n) is 3.41. The van der Waals surface area contributed by atoms with Gasteiger partial charge in [0.25, 0.3) is 11.5 Å². The minimum Gasteiger partial charge on any atom is -0.333 e. The molecule has 0 spiro atoms. The highest BCUT2D eigenvalue weighted by Crippen LogP contribution is 2.15. The molecule has 4 aromatic rings. The zero-order chi connectivity index (χ0) is 16.0. The average molecular weight is 345 g/mol. The van der Waals surface area contributed by atoms with E-state index in [9.17, 15) is 9.59 Å². The number of aromatic nitrogens is 4. The second-order valence-corrected chi connectivity index (χ2v) is 6.82. The topological polar surface area (TPSA) is 83.4 Å². The molecule has 7 nitrogen and oxygen atoms in total. The molecule has 23 heavy (non-hydrogen) atoms. The molecule has 4 heterocycles. The number of nitrogens with one attached hydrogen (secondary N) is 1. The first-order valence-corrected chi connectivity index (χ1v) is 8.52. The molecule has 116 valence electrons. The molecule has 0 aliphatic heterocycles. The van der Waals surface area contributed by atoms with Crippen molar-refractivity contribution in [3.8, 4) is 0 Å². The van der Waals surface area contributed by atoms with Crippen LogP contribution in [0.5, 0.6) is 0 Å². The summed E-state index contributed by atoms with van der Waals surface area (Å²) in [5.74, 6) is 0.242. The molecule has 0 radical (unpaired) electrons. The number of fused-ring (bicyclic) bond motifs is 2. The lowest BCUT2D eigenvalue weighted by Crippen LogP contribution is -2.28. The highest BCUT2D eigenvalue weighted by molar-refractivity contribution is 7.17. The highest BCUT2D eigenvalue weighted by atomic mass is 32.1. The third-order valence-corrected chi connectivity index (χ3v) is 5.08. The number of rotatable bonds is 3. The fourth-order valence-electron chi connectivity index (χ4n) is 2.32. The fourth-order valence-corrected chi connectivity index (χ4v) is 3.74. The second-order valence-electron chi connectivity index (χ2n) is 5.03. The van der Waals surface area contributed by atoms with Gasteiger partial charge in [0.05, 0.1) is 12.1 Å². The van der Waals surface area contributed by atoms with Gasteiger partial charge in [-0.15, -0.1) is 22.7 Å². The molecule has 0 aromatic carbocycles. The van der Waals surface area contributed by atoms with E-state index < -0.39 is 0 Å². The van der Waals surface area contributed by atoms with E-state index >= 15 is 0 Å². The van der Waals surface area contributed by atoms with Crippen molar-refractivity contribution < 1.29 is 4.79 Å². The lowest BCUT2D eigenvalue weighted by Gasteiger charge is -2.14. The maximum absolute atomic E-state index is 12.5. The number of carbonyl (C=O) groups is 1. The Morgan fingerprint density at radius 3 is 3.04 bits per heavy atom. The van der Waals surface area contributed by atoms with E-state index in [-0.39, 0.29) is 18.0 Å². The molecule has 0 aliphatic carbocycles. The van der Waals surface area contributed by atoms with Gasteiger partial charge in [-0.25, -0.2) is 9.97 Å². The number of hydrogen-bond donors (Lipinski definition) is 1. The number of imidazole rings is 1. The Balaban J connectivity index is 1.60. The summed E-state index contributed by atoms with van der Waals surface area (Å²) >= 11 is 2.82. The Labute approximate surface area is 137 Å². The van der Waals surface area contributed by atoms with E-state index in [1.807, 2.05) is 21.4 Å². The maximum Gasteiger partial charge on any atom is 0.274 e. The molecule has 1 N–H and O–H groups in total. The summed E-state index contributed by atoms with van der Waals surface area (Å²) in [5.41, 5.74) is 0.846. The van der Waals surface area contributed by atoms with Crippen LogP contribution in [0.1, 0.15) is 16.3 Å². The van der Waals surface area contributed by atoms with Gasteiger partial charge in [0.1, 0.15) is 16.2 Å². The average Bonchev–Trinajstić information content (AvgIpc) is 3.21. The summed E-state index contributed by atoms with van der Waals surface area (Å²) in [4.78, 5) is 38.1. The molecule has 9 heteroatoms. The zero-order valence-corrected chi connectivity index (χ0v) is 13.6. The number of H-pyrrole nitrogens is 1. The summed E-state index contributed by atoms with van der Waals surface area (Å²) in [7, 11) is 1.66. The third kappa shape index (κ3) is 2.43. The van der Waals surface area contributed by atoms with Gasteiger partial charge in [-0.3, -0.25) is 14.0 Å². The van der Waals surface area contributed by atoms with Gasteiger partial charge in [0, 0.05) is 24.8 Å². The van der Waals surface area contributed by atoms with Gasteiger partial charge in [-0.2, -0.15) is 0 Å². The van der Waals surface area contributed by atoms with Crippen LogP contribution in [0.25, 0.3) is 15.2 Å². The summed E-state index contributed by atoms with van der Waals surface area (Å²) in [6.45, 7) is 0.213. The van der Waals surface area contributed by atoms with Crippen LogP contribution in [0.3, 0.4) is 0 Å². The molecule has 0 atom stereocenters. The van der Waals surface area contributed by atoms with Gasteiger partial charge >= 0.3 is 0 Å². The molecule has 0 unspecified atom stereocenters. The minimum absolute atomic E-state index is 0.177. The standard InChI is InChI=1S/C14H11N5O2S2/c1-18(13(21)9-6-19-3-5-23-14(19)16-9)7-10-15-8-2-4-22-11(8)12(20)17-10/h2-6H,7H2,1H3,(H,15,17,20). The number of hydrogen-bond acceptors (Lipinski definition) is 6. The number of thiophene rings is 1. The van der Waals surface area contributed by atoms with Crippen molar-refractivity contribution in [3.05, 3.63) is 51.1 Å². The van der Waals surface area contributed by atoms with Crippen molar-refractivity contribution in [3.63, 3.8) is 0 Å². The molecule has 0 saturated heterocycles. The molecule has 0 aliphatic rings. The lowest BCUT2D eigenvalue weighted by molar-refractivity contribution is 0.0776. The quantitative estimate of drug-likeness (QED) is 0.615. The highest BCUT2D eigenvalue weighted by Gasteiger charge is 2.17. The second kappa shape index (κ2) is 5.28. The van der Waals surface area contributed by atoms with Crippen LogP contribution < -0.4 is 5.56 Å². The van der Waals surface area contributed by atoms with Crippen LogP contribution in [-0.4, -0.2) is 37.2 Å². The smallest absolute Gasteiger partial charge is 0.274 e. The number of nitrogens with zero attached hydrogens (tertiary/aromatic N) is 4.